The van der Waals surface area contributed by atoms with E-state index in [1.165, 1.54) is 7.11 Å². The van der Waals surface area contributed by atoms with Gasteiger partial charge in [0, 0.05) is 23.1 Å². The Hall–Kier alpha value is -3.43. The van der Waals surface area contributed by atoms with Gasteiger partial charge in [0.05, 0.1) is 23.9 Å². The first-order valence-electron chi connectivity index (χ1n) is 11.1. The number of esters is 1. The van der Waals surface area contributed by atoms with Gasteiger partial charge in [-0.15, -0.1) is 0 Å². The molecule has 1 aromatic heterocycles. The molecule has 4 rings (SSSR count). The molecule has 0 spiro atoms. The third-order valence-electron chi connectivity index (χ3n) is 6.23. The monoisotopic (exact) mass is 460 g/mol. The zero-order chi connectivity index (χ0) is 24.5. The van der Waals surface area contributed by atoms with Gasteiger partial charge in [0.2, 0.25) is 5.95 Å². The zero-order valence-electron chi connectivity index (χ0n) is 20.3. The maximum atomic E-state index is 12.6. The van der Waals surface area contributed by atoms with Crippen molar-refractivity contribution in [3.05, 3.63) is 65.9 Å². The van der Waals surface area contributed by atoms with E-state index < -0.39 is 24.3 Å². The van der Waals surface area contributed by atoms with Crippen molar-refractivity contribution in [1.82, 2.24) is 9.97 Å². The first-order chi connectivity index (χ1) is 16.1. The number of para-hydroxylation sites is 1. The van der Waals surface area contributed by atoms with Gasteiger partial charge >= 0.3 is 13.1 Å². The number of ether oxygens (including phenoxy) is 1. The molecule has 1 saturated heterocycles. The van der Waals surface area contributed by atoms with Gasteiger partial charge in [-0.2, -0.15) is 4.98 Å². The Morgan fingerprint density at radius 1 is 0.971 bits per heavy atom. The van der Waals surface area contributed by atoms with E-state index in [9.17, 15) is 4.79 Å². The Labute approximate surface area is 200 Å². The number of carbonyl (C=O) groups excluding carboxylic acids is 1. The Morgan fingerprint density at radius 2 is 1.65 bits per heavy atom. The molecule has 176 valence electrons. The summed E-state index contributed by atoms with van der Waals surface area (Å²) in [6, 6.07) is 15.1. The van der Waals surface area contributed by atoms with Gasteiger partial charge in [0.25, 0.3) is 0 Å². The standard InChI is InChI=1S/C25H29BN4O4/c1-16-15-27-23(30-21(16)28-17-10-8-7-9-11-17)29-18-12-13-20(19(14-18)22(31)32-6)26-33-24(2,3)25(4,5)34-26/h7-15H,1-6H3,(H2,27,28,29,30). The van der Waals surface area contributed by atoms with Crippen LogP contribution in [0.5, 0.6) is 0 Å². The minimum atomic E-state index is -0.689. The molecule has 2 N–H and O–H groups in total. The van der Waals surface area contributed by atoms with Crippen LogP contribution in [0, 0.1) is 6.92 Å². The number of aromatic nitrogens is 2. The van der Waals surface area contributed by atoms with Crippen molar-refractivity contribution >= 4 is 41.7 Å². The fraction of sp³-hybridized carbons (Fsp3) is 0.320. The van der Waals surface area contributed by atoms with Crippen LogP contribution in [0.4, 0.5) is 23.1 Å². The second-order valence-corrected chi connectivity index (χ2v) is 9.22. The lowest BCUT2D eigenvalue weighted by molar-refractivity contribution is 0.00578. The minimum Gasteiger partial charge on any atom is -0.465 e. The molecule has 1 aliphatic rings. The van der Waals surface area contributed by atoms with Crippen molar-refractivity contribution in [2.75, 3.05) is 17.7 Å². The highest BCUT2D eigenvalue weighted by molar-refractivity contribution is 6.63. The van der Waals surface area contributed by atoms with Gasteiger partial charge in [0.1, 0.15) is 5.82 Å². The van der Waals surface area contributed by atoms with E-state index in [0.717, 1.165) is 11.3 Å². The van der Waals surface area contributed by atoms with Gasteiger partial charge < -0.3 is 24.7 Å². The molecule has 0 amide bonds. The number of aryl methyl sites for hydroxylation is 1. The van der Waals surface area contributed by atoms with Crippen LogP contribution in [-0.2, 0) is 14.0 Å². The lowest BCUT2D eigenvalue weighted by Crippen LogP contribution is -2.41. The van der Waals surface area contributed by atoms with Gasteiger partial charge in [-0.1, -0.05) is 24.3 Å². The second-order valence-electron chi connectivity index (χ2n) is 9.22. The molecule has 8 nitrogen and oxygen atoms in total. The first-order valence-corrected chi connectivity index (χ1v) is 11.1. The van der Waals surface area contributed by atoms with E-state index in [0.29, 0.717) is 28.5 Å². The smallest absolute Gasteiger partial charge is 0.465 e. The molecule has 1 fully saturated rings. The molecular formula is C25H29BN4O4. The molecule has 9 heteroatoms. The van der Waals surface area contributed by atoms with E-state index in [1.54, 1.807) is 18.3 Å². The molecule has 0 saturated carbocycles. The predicted octanol–water partition coefficient (Wildman–Crippen LogP) is 4.36. The molecular weight excluding hydrogens is 431 g/mol. The summed E-state index contributed by atoms with van der Waals surface area (Å²) in [6.07, 6.45) is 1.74. The normalized spacial score (nSPS) is 16.2. The van der Waals surface area contributed by atoms with Crippen molar-refractivity contribution in [3.63, 3.8) is 0 Å². The van der Waals surface area contributed by atoms with E-state index >= 15 is 0 Å². The largest absolute Gasteiger partial charge is 0.495 e. The summed E-state index contributed by atoms with van der Waals surface area (Å²) in [5.41, 5.74) is 2.36. The highest BCUT2D eigenvalue weighted by Crippen LogP contribution is 2.37. The van der Waals surface area contributed by atoms with Gasteiger partial charge in [0.15, 0.2) is 0 Å². The van der Waals surface area contributed by atoms with E-state index in [4.69, 9.17) is 14.0 Å². The number of methoxy groups -OCH3 is 1. The van der Waals surface area contributed by atoms with Crippen molar-refractivity contribution in [1.29, 1.82) is 0 Å². The van der Waals surface area contributed by atoms with Crippen LogP contribution in [0.3, 0.4) is 0 Å². The molecule has 2 aromatic carbocycles. The number of nitrogens with zero attached hydrogens (tertiary/aromatic N) is 2. The molecule has 0 radical (unpaired) electrons. The average molecular weight is 460 g/mol. The van der Waals surface area contributed by atoms with Gasteiger partial charge in [-0.3, -0.25) is 0 Å². The summed E-state index contributed by atoms with van der Waals surface area (Å²) in [4.78, 5) is 21.6. The highest BCUT2D eigenvalue weighted by atomic mass is 16.7. The number of benzene rings is 2. The van der Waals surface area contributed by atoms with Crippen LogP contribution in [0.2, 0.25) is 0 Å². The predicted molar refractivity (Wildman–Crippen MR) is 133 cm³/mol. The van der Waals surface area contributed by atoms with Crippen LogP contribution in [0.15, 0.2) is 54.7 Å². The van der Waals surface area contributed by atoms with Gasteiger partial charge in [-0.25, -0.2) is 9.78 Å². The number of rotatable bonds is 6. The molecule has 0 atom stereocenters. The van der Waals surface area contributed by atoms with Gasteiger partial charge in [-0.05, 0) is 64.3 Å². The van der Waals surface area contributed by atoms with Crippen LogP contribution >= 0.6 is 0 Å². The number of hydrogen-bond donors (Lipinski definition) is 2. The topological polar surface area (TPSA) is 94.6 Å². The van der Waals surface area contributed by atoms with Crippen molar-refractivity contribution in [2.45, 2.75) is 45.8 Å². The fourth-order valence-electron chi connectivity index (χ4n) is 3.51. The lowest BCUT2D eigenvalue weighted by Gasteiger charge is -2.32. The minimum absolute atomic E-state index is 0.348. The average Bonchev–Trinajstić information content (AvgIpc) is 3.02. The van der Waals surface area contributed by atoms with Crippen LogP contribution in [0.25, 0.3) is 0 Å². The highest BCUT2D eigenvalue weighted by Gasteiger charge is 2.52. The van der Waals surface area contributed by atoms with Crippen molar-refractivity contribution < 1.29 is 18.8 Å². The van der Waals surface area contributed by atoms with E-state index in [2.05, 4.69) is 20.6 Å². The molecule has 0 aliphatic carbocycles. The molecule has 34 heavy (non-hydrogen) atoms. The fourth-order valence-corrected chi connectivity index (χ4v) is 3.51. The third-order valence-corrected chi connectivity index (χ3v) is 6.23. The number of anilines is 4. The maximum Gasteiger partial charge on any atom is 0.495 e. The SMILES string of the molecule is COC(=O)c1cc(Nc2ncc(C)c(Nc3ccccc3)n2)ccc1B1OC(C)(C)C(C)(C)O1. The number of hydrogen-bond acceptors (Lipinski definition) is 8. The number of nitrogens with one attached hydrogen (secondary N) is 2. The Balaban J connectivity index is 1.61. The molecule has 0 bridgehead atoms. The Kier molecular flexibility index (Phi) is 6.33. The van der Waals surface area contributed by atoms with Crippen molar-refractivity contribution in [2.24, 2.45) is 0 Å². The molecule has 0 unspecified atom stereocenters. The van der Waals surface area contributed by atoms with E-state index in [1.807, 2.05) is 71.0 Å². The lowest BCUT2D eigenvalue weighted by atomic mass is 9.75. The Bertz CT molecular complexity index is 1180. The summed E-state index contributed by atoms with van der Waals surface area (Å²) in [5.74, 6) is 0.596. The molecule has 2 heterocycles. The summed E-state index contributed by atoms with van der Waals surface area (Å²) >= 11 is 0. The first kappa shape index (κ1) is 23.7. The van der Waals surface area contributed by atoms with E-state index in [-0.39, 0.29) is 0 Å². The summed E-state index contributed by atoms with van der Waals surface area (Å²) < 4.78 is 17.3. The zero-order valence-corrected chi connectivity index (χ0v) is 20.3. The van der Waals surface area contributed by atoms with Crippen LogP contribution in [-0.4, -0.2) is 41.4 Å². The second kappa shape index (κ2) is 9.08. The summed E-state index contributed by atoms with van der Waals surface area (Å²) in [5, 5.41) is 6.48. The Morgan fingerprint density at radius 3 is 2.29 bits per heavy atom. The number of carbonyl (C=O) groups is 1. The van der Waals surface area contributed by atoms with Crippen LogP contribution < -0.4 is 16.1 Å². The third kappa shape index (κ3) is 4.76. The quantitative estimate of drug-likeness (QED) is 0.414. The molecule has 3 aromatic rings. The van der Waals surface area contributed by atoms with Crippen molar-refractivity contribution in [3.8, 4) is 0 Å². The molecule has 1 aliphatic heterocycles. The van der Waals surface area contributed by atoms with Crippen LogP contribution in [0.1, 0.15) is 43.6 Å². The summed E-state index contributed by atoms with van der Waals surface area (Å²) in [6.45, 7) is 9.81. The summed E-state index contributed by atoms with van der Waals surface area (Å²) in [7, 11) is 0.659. The maximum absolute atomic E-state index is 12.6.